The molecule has 3 N–H and O–H groups in total. The van der Waals surface area contributed by atoms with Crippen LogP contribution in [0, 0.1) is 0 Å². The van der Waals surface area contributed by atoms with Crippen molar-refractivity contribution in [2.24, 2.45) is 0 Å². The van der Waals surface area contributed by atoms with Gasteiger partial charge in [-0.05, 0) is 0 Å². The van der Waals surface area contributed by atoms with Crippen LogP contribution in [0.25, 0.3) is 10.9 Å². The summed E-state index contributed by atoms with van der Waals surface area (Å²) in [6, 6.07) is 4.96. The summed E-state index contributed by atoms with van der Waals surface area (Å²) >= 11 is 5.87. The fourth-order valence-corrected chi connectivity index (χ4v) is 1.72. The zero-order valence-electron chi connectivity index (χ0n) is 7.57. The Morgan fingerprint density at radius 3 is 2.87 bits per heavy atom. The number of aromatic nitrogens is 1. The second-order valence-electron chi connectivity index (χ2n) is 3.15. The predicted molar refractivity (Wildman–Crippen MR) is 55.9 cm³/mol. The fraction of sp³-hybridized carbons (Fsp3) is 0.100. The molecule has 1 aromatic carbocycles. The standard InChI is InChI=1S/C10H8ClNO3/c11-7-4-12-8-5(7)2-1-3-6(8)9(13)10(14)15/h1-4,9,12-13H,(H,14,15). The van der Waals surface area contributed by atoms with Crippen LogP contribution in [-0.4, -0.2) is 21.2 Å². The molecule has 2 rings (SSSR count). The Hall–Kier alpha value is -1.52. The van der Waals surface area contributed by atoms with Crippen molar-refractivity contribution in [3.8, 4) is 0 Å². The highest BCUT2D eigenvalue weighted by molar-refractivity contribution is 6.35. The Morgan fingerprint density at radius 2 is 2.20 bits per heavy atom. The van der Waals surface area contributed by atoms with E-state index in [2.05, 4.69) is 4.98 Å². The molecule has 0 saturated heterocycles. The average Bonchev–Trinajstić information content (AvgIpc) is 2.59. The highest BCUT2D eigenvalue weighted by atomic mass is 35.5. The van der Waals surface area contributed by atoms with Gasteiger partial charge in [0, 0.05) is 17.1 Å². The third kappa shape index (κ3) is 1.58. The Bertz CT molecular complexity index is 520. The van der Waals surface area contributed by atoms with Crippen molar-refractivity contribution in [3.63, 3.8) is 0 Å². The van der Waals surface area contributed by atoms with Crippen LogP contribution in [0.2, 0.25) is 5.02 Å². The van der Waals surface area contributed by atoms with Crippen LogP contribution in [0.4, 0.5) is 0 Å². The van der Waals surface area contributed by atoms with Crippen molar-refractivity contribution in [1.29, 1.82) is 0 Å². The first-order valence-corrected chi connectivity index (χ1v) is 4.65. The molecule has 0 spiro atoms. The number of aromatic amines is 1. The highest BCUT2D eigenvalue weighted by Gasteiger charge is 2.19. The van der Waals surface area contributed by atoms with Crippen molar-refractivity contribution in [3.05, 3.63) is 35.0 Å². The van der Waals surface area contributed by atoms with E-state index in [1.807, 2.05) is 0 Å². The molecule has 78 valence electrons. The number of hydrogen-bond donors (Lipinski definition) is 3. The summed E-state index contributed by atoms with van der Waals surface area (Å²) < 4.78 is 0. The fourth-order valence-electron chi connectivity index (χ4n) is 1.50. The lowest BCUT2D eigenvalue weighted by molar-refractivity contribution is -0.146. The van der Waals surface area contributed by atoms with Crippen LogP contribution < -0.4 is 0 Å². The van der Waals surface area contributed by atoms with E-state index in [0.717, 1.165) is 0 Å². The maximum atomic E-state index is 10.7. The van der Waals surface area contributed by atoms with Crippen molar-refractivity contribution in [2.45, 2.75) is 6.10 Å². The van der Waals surface area contributed by atoms with E-state index < -0.39 is 12.1 Å². The molecule has 4 nitrogen and oxygen atoms in total. The molecule has 2 aromatic rings. The van der Waals surface area contributed by atoms with Gasteiger partial charge < -0.3 is 15.2 Å². The quantitative estimate of drug-likeness (QED) is 0.731. The molecule has 1 atom stereocenters. The van der Waals surface area contributed by atoms with Crippen LogP contribution in [0.1, 0.15) is 11.7 Å². The number of nitrogens with one attached hydrogen (secondary N) is 1. The minimum absolute atomic E-state index is 0.312. The maximum absolute atomic E-state index is 10.7. The molecule has 5 heteroatoms. The number of rotatable bonds is 2. The number of carbonyl (C=O) groups is 1. The molecule has 0 aliphatic heterocycles. The van der Waals surface area contributed by atoms with E-state index in [0.29, 0.717) is 21.5 Å². The topological polar surface area (TPSA) is 73.3 Å². The number of carboxylic acid groups (broad SMARTS) is 1. The molecular weight excluding hydrogens is 218 g/mol. The maximum Gasteiger partial charge on any atom is 0.337 e. The van der Waals surface area contributed by atoms with E-state index >= 15 is 0 Å². The molecule has 15 heavy (non-hydrogen) atoms. The summed E-state index contributed by atoms with van der Waals surface area (Å²) in [7, 11) is 0. The van der Waals surface area contributed by atoms with Crippen molar-refractivity contribution in [2.75, 3.05) is 0 Å². The number of para-hydroxylation sites is 1. The van der Waals surface area contributed by atoms with Gasteiger partial charge >= 0.3 is 5.97 Å². The van der Waals surface area contributed by atoms with Gasteiger partial charge in [-0.25, -0.2) is 4.79 Å². The van der Waals surface area contributed by atoms with E-state index in [4.69, 9.17) is 16.7 Å². The van der Waals surface area contributed by atoms with Crippen LogP contribution in [0.3, 0.4) is 0 Å². The summed E-state index contributed by atoms with van der Waals surface area (Å²) in [5.74, 6) is -1.28. The highest BCUT2D eigenvalue weighted by Crippen LogP contribution is 2.28. The number of fused-ring (bicyclic) bond motifs is 1. The van der Waals surface area contributed by atoms with E-state index in [1.54, 1.807) is 24.4 Å². The van der Waals surface area contributed by atoms with Gasteiger partial charge in [-0.1, -0.05) is 29.8 Å². The van der Waals surface area contributed by atoms with Gasteiger partial charge in [0.25, 0.3) is 0 Å². The summed E-state index contributed by atoms with van der Waals surface area (Å²) in [5.41, 5.74) is 0.865. The van der Waals surface area contributed by atoms with Crippen molar-refractivity contribution < 1.29 is 15.0 Å². The number of H-pyrrole nitrogens is 1. The number of aliphatic hydroxyl groups is 1. The zero-order chi connectivity index (χ0) is 11.0. The summed E-state index contributed by atoms with van der Waals surface area (Å²) in [6.07, 6.45) is 0.0213. The molecule has 0 fully saturated rings. The largest absolute Gasteiger partial charge is 0.479 e. The summed E-state index contributed by atoms with van der Waals surface area (Å²) in [6.45, 7) is 0. The van der Waals surface area contributed by atoms with Crippen LogP contribution in [0.5, 0.6) is 0 Å². The molecule has 1 unspecified atom stereocenters. The Balaban J connectivity index is 2.66. The number of benzene rings is 1. The van der Waals surface area contributed by atoms with Gasteiger partial charge in [0.2, 0.25) is 0 Å². The predicted octanol–water partition coefficient (Wildman–Crippen LogP) is 1.94. The van der Waals surface area contributed by atoms with Crippen LogP contribution in [0.15, 0.2) is 24.4 Å². The Labute approximate surface area is 90.1 Å². The monoisotopic (exact) mass is 225 g/mol. The molecule has 0 amide bonds. The van der Waals surface area contributed by atoms with Gasteiger partial charge in [0.15, 0.2) is 6.10 Å². The number of hydrogen-bond acceptors (Lipinski definition) is 2. The molecule has 1 heterocycles. The number of carboxylic acids is 1. The van der Waals surface area contributed by atoms with Gasteiger partial charge in [-0.15, -0.1) is 0 Å². The lowest BCUT2D eigenvalue weighted by Crippen LogP contribution is -2.10. The van der Waals surface area contributed by atoms with E-state index in [9.17, 15) is 9.90 Å². The van der Waals surface area contributed by atoms with Crippen molar-refractivity contribution >= 4 is 28.5 Å². The van der Waals surface area contributed by atoms with Gasteiger partial charge in [0.05, 0.1) is 10.5 Å². The molecule has 0 radical (unpaired) electrons. The second-order valence-corrected chi connectivity index (χ2v) is 3.55. The van der Waals surface area contributed by atoms with Crippen molar-refractivity contribution in [1.82, 2.24) is 4.98 Å². The molecular formula is C10H8ClNO3. The van der Waals surface area contributed by atoms with Gasteiger partial charge in [-0.2, -0.15) is 0 Å². The minimum Gasteiger partial charge on any atom is -0.479 e. The molecule has 0 bridgehead atoms. The Morgan fingerprint density at radius 1 is 1.47 bits per heavy atom. The average molecular weight is 226 g/mol. The lowest BCUT2D eigenvalue weighted by Gasteiger charge is -2.06. The first-order valence-electron chi connectivity index (χ1n) is 4.27. The minimum atomic E-state index is -1.54. The second kappa shape index (κ2) is 3.56. The summed E-state index contributed by atoms with van der Waals surface area (Å²) in [4.78, 5) is 13.5. The van der Waals surface area contributed by atoms with Gasteiger partial charge in [0.1, 0.15) is 0 Å². The third-order valence-corrected chi connectivity index (χ3v) is 2.54. The smallest absolute Gasteiger partial charge is 0.337 e. The number of halogens is 1. The Kier molecular flexibility index (Phi) is 2.38. The van der Waals surface area contributed by atoms with Crippen LogP contribution in [-0.2, 0) is 4.79 Å². The first kappa shape index (κ1) is 10.0. The number of aliphatic carboxylic acids is 1. The summed E-state index contributed by atoms with van der Waals surface area (Å²) in [5, 5.41) is 19.4. The zero-order valence-corrected chi connectivity index (χ0v) is 8.32. The third-order valence-electron chi connectivity index (χ3n) is 2.23. The van der Waals surface area contributed by atoms with Crippen LogP contribution >= 0.6 is 11.6 Å². The molecule has 0 saturated carbocycles. The SMILES string of the molecule is O=C(O)C(O)c1cccc2c(Cl)c[nH]c12. The first-order chi connectivity index (χ1) is 7.11. The normalized spacial score (nSPS) is 12.9. The molecule has 1 aromatic heterocycles. The molecule has 0 aliphatic carbocycles. The number of aliphatic hydroxyl groups excluding tert-OH is 1. The molecule has 0 aliphatic rings. The van der Waals surface area contributed by atoms with E-state index in [1.165, 1.54) is 0 Å². The van der Waals surface area contributed by atoms with E-state index in [-0.39, 0.29) is 0 Å². The van der Waals surface area contributed by atoms with Gasteiger partial charge in [-0.3, -0.25) is 0 Å². The lowest BCUT2D eigenvalue weighted by atomic mass is 10.1.